The third-order valence-electron chi connectivity index (χ3n) is 8.17. The second-order valence-corrected chi connectivity index (χ2v) is 10.1. The lowest BCUT2D eigenvalue weighted by molar-refractivity contribution is -0.147. The van der Waals surface area contributed by atoms with Crippen LogP contribution in [0.25, 0.3) is 0 Å². The van der Waals surface area contributed by atoms with Crippen molar-refractivity contribution in [3.8, 4) is 0 Å². The Balaban J connectivity index is 1.83. The zero-order valence-electron chi connectivity index (χ0n) is 17.0. The molecule has 0 radical (unpaired) electrons. The molecule has 0 aliphatic heterocycles. The number of carbonyl (C=O) groups is 1. The standard InChI is InChI=1S/C22H36O4/c1-14(23)26-13-19(25)21(4)10-8-16-15(12-21)6-7-17-20(2,3)18(24)9-11-22(16,17)5/h12,16-19,24-25H,6-11,13H2,1-5H3. The van der Waals surface area contributed by atoms with Gasteiger partial charge < -0.3 is 14.9 Å². The minimum atomic E-state index is -0.657. The van der Waals surface area contributed by atoms with Crippen LogP contribution < -0.4 is 0 Å². The Morgan fingerprint density at radius 2 is 1.92 bits per heavy atom. The van der Waals surface area contributed by atoms with Crippen molar-refractivity contribution >= 4 is 5.97 Å². The molecule has 0 saturated heterocycles. The van der Waals surface area contributed by atoms with E-state index in [0.29, 0.717) is 11.8 Å². The molecule has 0 spiro atoms. The maximum absolute atomic E-state index is 11.1. The quantitative estimate of drug-likeness (QED) is 0.590. The van der Waals surface area contributed by atoms with E-state index in [1.807, 2.05) is 0 Å². The predicted molar refractivity (Wildman–Crippen MR) is 101 cm³/mol. The predicted octanol–water partition coefficient (Wildman–Crippen LogP) is 3.85. The Morgan fingerprint density at radius 3 is 2.58 bits per heavy atom. The summed E-state index contributed by atoms with van der Waals surface area (Å²) in [5.74, 6) is 0.739. The summed E-state index contributed by atoms with van der Waals surface area (Å²) in [6.45, 7) is 10.5. The van der Waals surface area contributed by atoms with Crippen molar-refractivity contribution in [1.29, 1.82) is 0 Å². The number of aliphatic hydroxyl groups is 2. The summed E-state index contributed by atoms with van der Waals surface area (Å²) in [6, 6.07) is 0. The highest BCUT2D eigenvalue weighted by Gasteiger charge is 2.57. The third kappa shape index (κ3) is 3.13. The van der Waals surface area contributed by atoms with E-state index in [-0.39, 0.29) is 34.9 Å². The van der Waals surface area contributed by atoms with E-state index in [4.69, 9.17) is 4.74 Å². The number of rotatable bonds is 3. The lowest BCUT2D eigenvalue weighted by Crippen LogP contribution is -2.55. The molecule has 0 amide bonds. The first-order valence-corrected chi connectivity index (χ1v) is 10.2. The topological polar surface area (TPSA) is 66.8 Å². The maximum atomic E-state index is 11.1. The zero-order chi connectivity index (χ0) is 19.3. The molecular formula is C22H36O4. The number of fused-ring (bicyclic) bond motifs is 3. The number of allylic oxidation sites excluding steroid dienone is 1. The van der Waals surface area contributed by atoms with Gasteiger partial charge in [0.05, 0.1) is 12.2 Å². The SMILES string of the molecule is CC(=O)OCC(O)C1(C)C=C2CCC3C(C)(C)C(O)CCC3(C)C2CC1. The van der Waals surface area contributed by atoms with E-state index >= 15 is 0 Å². The highest BCUT2D eigenvalue weighted by atomic mass is 16.5. The number of hydrogen-bond donors (Lipinski definition) is 2. The zero-order valence-corrected chi connectivity index (χ0v) is 17.0. The van der Waals surface area contributed by atoms with Gasteiger partial charge >= 0.3 is 5.97 Å². The fourth-order valence-electron chi connectivity index (χ4n) is 6.39. The summed E-state index contributed by atoms with van der Waals surface area (Å²) in [6.07, 6.45) is 7.55. The summed E-state index contributed by atoms with van der Waals surface area (Å²) >= 11 is 0. The maximum Gasteiger partial charge on any atom is 0.302 e. The molecule has 0 aromatic rings. The normalized spacial score (nSPS) is 42.9. The Labute approximate surface area is 158 Å². The number of ether oxygens (including phenoxy) is 1. The summed E-state index contributed by atoms with van der Waals surface area (Å²) < 4.78 is 5.06. The smallest absolute Gasteiger partial charge is 0.302 e. The molecule has 148 valence electrons. The van der Waals surface area contributed by atoms with Gasteiger partial charge in [-0.25, -0.2) is 0 Å². The van der Waals surface area contributed by atoms with Gasteiger partial charge in [0.25, 0.3) is 0 Å². The summed E-state index contributed by atoms with van der Waals surface area (Å²) in [5, 5.41) is 21.2. The Morgan fingerprint density at radius 1 is 1.23 bits per heavy atom. The molecule has 3 aliphatic rings. The molecule has 0 heterocycles. The van der Waals surface area contributed by atoms with Crippen molar-refractivity contribution in [3.63, 3.8) is 0 Å². The van der Waals surface area contributed by atoms with Crippen LogP contribution in [0.3, 0.4) is 0 Å². The van der Waals surface area contributed by atoms with Gasteiger partial charge in [-0.3, -0.25) is 4.79 Å². The molecule has 6 atom stereocenters. The van der Waals surface area contributed by atoms with E-state index in [2.05, 4.69) is 33.8 Å². The van der Waals surface area contributed by atoms with Crippen LogP contribution in [0.2, 0.25) is 0 Å². The minimum absolute atomic E-state index is 0.0336. The van der Waals surface area contributed by atoms with Crippen molar-refractivity contribution in [3.05, 3.63) is 11.6 Å². The van der Waals surface area contributed by atoms with Crippen LogP contribution in [0.1, 0.15) is 73.1 Å². The highest BCUT2D eigenvalue weighted by molar-refractivity contribution is 5.65. The van der Waals surface area contributed by atoms with Gasteiger partial charge in [0.1, 0.15) is 6.61 Å². The summed E-state index contributed by atoms with van der Waals surface area (Å²) in [7, 11) is 0. The van der Waals surface area contributed by atoms with Crippen molar-refractivity contribution in [2.75, 3.05) is 6.61 Å². The molecule has 0 aromatic heterocycles. The van der Waals surface area contributed by atoms with E-state index in [1.54, 1.807) is 0 Å². The van der Waals surface area contributed by atoms with Crippen LogP contribution in [-0.2, 0) is 9.53 Å². The van der Waals surface area contributed by atoms with Gasteiger partial charge in [-0.2, -0.15) is 0 Å². The number of esters is 1. The van der Waals surface area contributed by atoms with Crippen LogP contribution in [-0.4, -0.2) is 35.0 Å². The molecule has 4 heteroatoms. The highest BCUT2D eigenvalue weighted by Crippen LogP contribution is 2.63. The second-order valence-electron chi connectivity index (χ2n) is 10.1. The van der Waals surface area contributed by atoms with Crippen molar-refractivity contribution in [2.45, 2.75) is 85.4 Å². The van der Waals surface area contributed by atoms with Crippen molar-refractivity contribution in [2.24, 2.45) is 28.1 Å². The average molecular weight is 365 g/mol. The lowest BCUT2D eigenvalue weighted by atomic mass is 9.45. The fourth-order valence-corrected chi connectivity index (χ4v) is 6.39. The first-order valence-electron chi connectivity index (χ1n) is 10.2. The van der Waals surface area contributed by atoms with E-state index in [0.717, 1.165) is 38.5 Å². The Kier molecular flexibility index (Phi) is 5.07. The minimum Gasteiger partial charge on any atom is -0.463 e. The van der Waals surface area contributed by atoms with Crippen LogP contribution >= 0.6 is 0 Å². The van der Waals surface area contributed by atoms with Crippen LogP contribution in [0.15, 0.2) is 11.6 Å². The molecule has 26 heavy (non-hydrogen) atoms. The molecule has 2 saturated carbocycles. The molecule has 3 aliphatic carbocycles. The van der Waals surface area contributed by atoms with Crippen molar-refractivity contribution in [1.82, 2.24) is 0 Å². The first kappa shape index (κ1) is 19.9. The van der Waals surface area contributed by atoms with Crippen LogP contribution in [0, 0.1) is 28.1 Å². The van der Waals surface area contributed by atoms with Gasteiger partial charge in [-0.1, -0.05) is 39.3 Å². The van der Waals surface area contributed by atoms with Crippen LogP contribution in [0.5, 0.6) is 0 Å². The van der Waals surface area contributed by atoms with Gasteiger partial charge in [-0.05, 0) is 61.2 Å². The van der Waals surface area contributed by atoms with E-state index in [1.165, 1.54) is 12.5 Å². The summed E-state index contributed by atoms with van der Waals surface area (Å²) in [5.41, 5.74) is 1.35. The Hall–Kier alpha value is -0.870. The molecule has 2 fully saturated rings. The lowest BCUT2D eigenvalue weighted by Gasteiger charge is -2.61. The second kappa shape index (κ2) is 6.63. The fraction of sp³-hybridized carbons (Fsp3) is 0.864. The monoisotopic (exact) mass is 364 g/mol. The molecule has 3 rings (SSSR count). The van der Waals surface area contributed by atoms with E-state index in [9.17, 15) is 15.0 Å². The van der Waals surface area contributed by atoms with Crippen molar-refractivity contribution < 1.29 is 19.7 Å². The number of aliphatic hydroxyl groups excluding tert-OH is 2. The molecule has 6 unspecified atom stereocenters. The molecular weight excluding hydrogens is 328 g/mol. The number of hydrogen-bond acceptors (Lipinski definition) is 4. The largest absolute Gasteiger partial charge is 0.463 e. The van der Waals surface area contributed by atoms with Gasteiger partial charge in [-0.15, -0.1) is 0 Å². The van der Waals surface area contributed by atoms with Gasteiger partial charge in [0.2, 0.25) is 0 Å². The van der Waals surface area contributed by atoms with Crippen LogP contribution in [0.4, 0.5) is 0 Å². The number of carbonyl (C=O) groups excluding carboxylic acids is 1. The van der Waals surface area contributed by atoms with Gasteiger partial charge in [0.15, 0.2) is 0 Å². The Bertz CT molecular complexity index is 595. The van der Waals surface area contributed by atoms with E-state index < -0.39 is 6.10 Å². The molecule has 0 aromatic carbocycles. The summed E-state index contributed by atoms with van der Waals surface area (Å²) in [4.78, 5) is 11.1. The molecule has 4 nitrogen and oxygen atoms in total. The third-order valence-corrected chi connectivity index (χ3v) is 8.17. The molecule has 2 N–H and O–H groups in total. The first-order chi connectivity index (χ1) is 12.0. The average Bonchev–Trinajstić information content (AvgIpc) is 2.56. The van der Waals surface area contributed by atoms with Gasteiger partial charge in [0, 0.05) is 12.3 Å². The molecule has 0 bridgehead atoms.